The average Bonchev–Trinajstić information content (AvgIpc) is 3.24. The number of urea groups is 1. The molecule has 1 aliphatic heterocycles. The Balaban J connectivity index is 1.55. The van der Waals surface area contributed by atoms with E-state index in [4.69, 9.17) is 9.15 Å². The summed E-state index contributed by atoms with van der Waals surface area (Å²) in [5.74, 6) is -0.334. The number of methoxy groups -OCH3 is 1. The quantitative estimate of drug-likeness (QED) is 0.436. The lowest BCUT2D eigenvalue weighted by molar-refractivity contribution is -0.131. The predicted octanol–water partition coefficient (Wildman–Crippen LogP) is 4.66. The third-order valence-corrected chi connectivity index (χ3v) is 5.90. The van der Waals surface area contributed by atoms with Crippen LogP contribution in [0, 0.1) is 0 Å². The summed E-state index contributed by atoms with van der Waals surface area (Å²) in [5, 5.41) is 2.83. The zero-order valence-corrected chi connectivity index (χ0v) is 18.2. The van der Waals surface area contributed by atoms with Crippen LogP contribution in [0.2, 0.25) is 0 Å². The molecule has 1 fully saturated rings. The Morgan fingerprint density at radius 2 is 1.72 bits per heavy atom. The molecular formula is C24H20N2O5S. The number of carbonyl (C=O) groups is 3. The van der Waals surface area contributed by atoms with E-state index in [0.717, 1.165) is 21.1 Å². The van der Waals surface area contributed by atoms with Crippen molar-refractivity contribution >= 4 is 35.7 Å². The number of hydrogen-bond donors (Lipinski definition) is 1. The summed E-state index contributed by atoms with van der Waals surface area (Å²) >= 11 is 1.39. The van der Waals surface area contributed by atoms with Gasteiger partial charge in [0.2, 0.25) is 0 Å². The van der Waals surface area contributed by atoms with Gasteiger partial charge in [0.05, 0.1) is 13.2 Å². The number of rotatable bonds is 6. The van der Waals surface area contributed by atoms with Crippen molar-refractivity contribution in [2.24, 2.45) is 0 Å². The molecule has 1 aromatic heterocycles. The summed E-state index contributed by atoms with van der Waals surface area (Å²) in [6.07, 6.45) is 1.35. The van der Waals surface area contributed by atoms with Gasteiger partial charge in [-0.1, -0.05) is 42.1 Å². The minimum atomic E-state index is -0.753. The first-order chi connectivity index (χ1) is 15.5. The van der Waals surface area contributed by atoms with Crippen LogP contribution in [0.4, 0.5) is 4.79 Å². The van der Waals surface area contributed by atoms with Gasteiger partial charge in [0.15, 0.2) is 5.09 Å². The number of imide groups is 2. The van der Waals surface area contributed by atoms with Crippen molar-refractivity contribution in [2.75, 3.05) is 7.11 Å². The number of nitrogens with one attached hydrogen (secondary N) is 1. The van der Waals surface area contributed by atoms with Crippen molar-refractivity contribution in [3.63, 3.8) is 0 Å². The molecule has 4 amide bonds. The van der Waals surface area contributed by atoms with Crippen molar-refractivity contribution in [2.45, 2.75) is 23.0 Å². The van der Waals surface area contributed by atoms with Crippen LogP contribution in [0.3, 0.4) is 0 Å². The summed E-state index contributed by atoms with van der Waals surface area (Å²) in [7, 11) is 1.60. The lowest BCUT2D eigenvalue weighted by atomic mass is 10.0. The van der Waals surface area contributed by atoms with Crippen LogP contribution in [-0.2, 0) is 9.59 Å². The number of barbiturate groups is 1. The number of ether oxygens (including phenoxy) is 1. The first-order valence-corrected chi connectivity index (χ1v) is 10.6. The molecule has 1 aliphatic rings. The highest BCUT2D eigenvalue weighted by Crippen LogP contribution is 2.31. The van der Waals surface area contributed by atoms with E-state index in [1.165, 1.54) is 17.8 Å². The zero-order chi connectivity index (χ0) is 22.7. The molecule has 2 aromatic carbocycles. The van der Waals surface area contributed by atoms with Gasteiger partial charge >= 0.3 is 6.03 Å². The normalized spacial score (nSPS) is 16.2. The standard InChI is InChI=1S/C24H20N2O5S/c1-15(16-6-4-3-5-7-16)26-23(28)20(22(27)25-24(26)29)14-18-10-13-21(31-18)32-19-11-8-17(30-2)9-12-19/h3-15H,1-2H3,(H,25,27,29)/b20-14-/t15-/m0/s1. The second-order valence-corrected chi connectivity index (χ2v) is 8.09. The lowest BCUT2D eigenvalue weighted by Gasteiger charge is -2.31. The maximum atomic E-state index is 13.0. The van der Waals surface area contributed by atoms with Gasteiger partial charge in [-0.3, -0.25) is 19.8 Å². The minimum Gasteiger partial charge on any atom is -0.497 e. The van der Waals surface area contributed by atoms with Gasteiger partial charge in [-0.25, -0.2) is 4.79 Å². The van der Waals surface area contributed by atoms with Gasteiger partial charge in [-0.15, -0.1) is 0 Å². The van der Waals surface area contributed by atoms with Crippen LogP contribution in [0.5, 0.6) is 5.75 Å². The molecule has 0 bridgehead atoms. The van der Waals surface area contributed by atoms with Gasteiger partial charge in [0.1, 0.15) is 17.1 Å². The van der Waals surface area contributed by atoms with Gasteiger partial charge in [0.25, 0.3) is 11.8 Å². The average molecular weight is 449 g/mol. The first-order valence-electron chi connectivity index (χ1n) is 9.83. The third kappa shape index (κ3) is 4.45. The lowest BCUT2D eigenvalue weighted by Crippen LogP contribution is -2.54. The fourth-order valence-electron chi connectivity index (χ4n) is 3.27. The van der Waals surface area contributed by atoms with Crippen LogP contribution in [-0.4, -0.2) is 29.9 Å². The van der Waals surface area contributed by atoms with Gasteiger partial charge in [0, 0.05) is 4.90 Å². The largest absolute Gasteiger partial charge is 0.497 e. The molecule has 0 unspecified atom stereocenters. The van der Waals surface area contributed by atoms with Crippen LogP contribution >= 0.6 is 11.8 Å². The Morgan fingerprint density at radius 1 is 1.00 bits per heavy atom. The van der Waals surface area contributed by atoms with E-state index >= 15 is 0 Å². The number of hydrogen-bond acceptors (Lipinski definition) is 6. The van der Waals surface area contributed by atoms with E-state index in [1.54, 1.807) is 26.2 Å². The van der Waals surface area contributed by atoms with Crippen molar-refractivity contribution in [3.8, 4) is 5.75 Å². The molecule has 1 atom stereocenters. The Bertz CT molecular complexity index is 1180. The maximum Gasteiger partial charge on any atom is 0.331 e. The van der Waals surface area contributed by atoms with E-state index < -0.39 is 23.9 Å². The SMILES string of the molecule is COc1ccc(Sc2ccc(/C=C3/C(=O)NC(=O)N([C@@H](C)c4ccccc4)C3=O)o2)cc1. The predicted molar refractivity (Wildman–Crippen MR) is 119 cm³/mol. The molecule has 0 aliphatic carbocycles. The van der Waals surface area contributed by atoms with Crippen molar-refractivity contribution in [1.82, 2.24) is 10.2 Å². The third-order valence-electron chi connectivity index (χ3n) is 4.97. The molecule has 0 spiro atoms. The highest BCUT2D eigenvalue weighted by atomic mass is 32.2. The van der Waals surface area contributed by atoms with Crippen LogP contribution < -0.4 is 10.1 Å². The first kappa shape index (κ1) is 21.5. The summed E-state index contributed by atoms with van der Waals surface area (Å²) in [6.45, 7) is 1.73. The summed E-state index contributed by atoms with van der Waals surface area (Å²) in [4.78, 5) is 39.8. The molecule has 1 saturated heterocycles. The molecule has 0 saturated carbocycles. The Hall–Kier alpha value is -3.78. The number of furan rings is 1. The topological polar surface area (TPSA) is 88.9 Å². The van der Waals surface area contributed by atoms with Crippen molar-refractivity contribution in [1.29, 1.82) is 0 Å². The highest BCUT2D eigenvalue weighted by molar-refractivity contribution is 7.99. The van der Waals surface area contributed by atoms with E-state index in [2.05, 4.69) is 5.32 Å². The molecule has 162 valence electrons. The molecule has 7 nitrogen and oxygen atoms in total. The fraction of sp³-hybridized carbons (Fsp3) is 0.125. The second kappa shape index (κ2) is 9.15. The zero-order valence-electron chi connectivity index (χ0n) is 17.4. The second-order valence-electron chi connectivity index (χ2n) is 7.01. The van der Waals surface area contributed by atoms with Crippen LogP contribution in [0.15, 0.2) is 86.7 Å². The Kier molecular flexibility index (Phi) is 6.13. The highest BCUT2D eigenvalue weighted by Gasteiger charge is 2.39. The summed E-state index contributed by atoms with van der Waals surface area (Å²) < 4.78 is 10.9. The number of amides is 4. The number of nitrogens with zero attached hydrogens (tertiary/aromatic N) is 1. The molecule has 3 aromatic rings. The van der Waals surface area contributed by atoms with E-state index in [0.29, 0.717) is 10.9 Å². The van der Waals surface area contributed by atoms with E-state index in [1.807, 2.05) is 54.6 Å². The Morgan fingerprint density at radius 3 is 2.41 bits per heavy atom. The molecular weight excluding hydrogens is 428 g/mol. The fourth-order valence-corrected chi connectivity index (χ4v) is 4.05. The van der Waals surface area contributed by atoms with Gasteiger partial charge < -0.3 is 9.15 Å². The molecule has 1 N–H and O–H groups in total. The van der Waals surface area contributed by atoms with Gasteiger partial charge in [-0.2, -0.15) is 0 Å². The molecule has 8 heteroatoms. The van der Waals surface area contributed by atoms with E-state index in [-0.39, 0.29) is 5.57 Å². The van der Waals surface area contributed by atoms with Crippen LogP contribution in [0.1, 0.15) is 24.3 Å². The monoisotopic (exact) mass is 448 g/mol. The molecule has 2 heterocycles. The molecule has 4 rings (SSSR count). The minimum absolute atomic E-state index is 0.164. The summed E-state index contributed by atoms with van der Waals surface area (Å²) in [5.41, 5.74) is 0.614. The van der Waals surface area contributed by atoms with Crippen molar-refractivity contribution < 1.29 is 23.5 Å². The van der Waals surface area contributed by atoms with Crippen LogP contribution in [0.25, 0.3) is 6.08 Å². The number of carbonyl (C=O) groups excluding carboxylic acids is 3. The molecule has 32 heavy (non-hydrogen) atoms. The summed E-state index contributed by atoms with van der Waals surface area (Å²) in [6, 6.07) is 18.8. The Labute approximate surface area is 189 Å². The van der Waals surface area contributed by atoms with E-state index in [9.17, 15) is 14.4 Å². The molecule has 0 radical (unpaired) electrons. The number of benzene rings is 2. The van der Waals surface area contributed by atoms with Gasteiger partial charge in [-0.05, 0) is 55.0 Å². The van der Waals surface area contributed by atoms with Crippen molar-refractivity contribution in [3.05, 3.63) is 83.6 Å². The maximum absolute atomic E-state index is 13.0. The smallest absolute Gasteiger partial charge is 0.331 e.